The van der Waals surface area contributed by atoms with Crippen LogP contribution in [0.15, 0.2) is 18.2 Å². The van der Waals surface area contributed by atoms with Gasteiger partial charge in [-0.25, -0.2) is 4.79 Å². The van der Waals surface area contributed by atoms with Gasteiger partial charge in [-0.1, -0.05) is 26.7 Å². The Balaban J connectivity index is 1.35. The minimum atomic E-state index is -0.564. The fraction of sp³-hybridized carbons (Fsp3) is 0.591. The van der Waals surface area contributed by atoms with E-state index in [-0.39, 0.29) is 30.5 Å². The number of fused-ring (bicyclic) bond motifs is 3. The van der Waals surface area contributed by atoms with Crippen LogP contribution >= 0.6 is 0 Å². The molecule has 156 valence electrons. The molecule has 1 aromatic rings. The van der Waals surface area contributed by atoms with Gasteiger partial charge in [-0.15, -0.1) is 0 Å². The van der Waals surface area contributed by atoms with E-state index in [1.165, 1.54) is 6.42 Å². The van der Waals surface area contributed by atoms with Crippen molar-refractivity contribution in [2.45, 2.75) is 58.0 Å². The molecule has 29 heavy (non-hydrogen) atoms. The summed E-state index contributed by atoms with van der Waals surface area (Å²) in [4.78, 5) is 39.0. The number of ether oxygens (including phenoxy) is 1. The van der Waals surface area contributed by atoms with E-state index >= 15 is 0 Å². The van der Waals surface area contributed by atoms with Gasteiger partial charge in [-0.05, 0) is 49.3 Å². The Morgan fingerprint density at radius 2 is 2.03 bits per heavy atom. The molecular formula is C22H29N3O4. The molecule has 0 radical (unpaired) electrons. The quantitative estimate of drug-likeness (QED) is 0.760. The topological polar surface area (TPSA) is 87.7 Å². The minimum absolute atomic E-state index is 0.0317. The second-order valence-corrected chi connectivity index (χ2v) is 8.59. The van der Waals surface area contributed by atoms with Crippen molar-refractivity contribution >= 4 is 29.2 Å². The van der Waals surface area contributed by atoms with Crippen LogP contribution in [0.3, 0.4) is 0 Å². The molecule has 3 aliphatic rings. The summed E-state index contributed by atoms with van der Waals surface area (Å²) in [5.74, 6) is 0.136. The van der Waals surface area contributed by atoms with Crippen LogP contribution in [0.25, 0.3) is 0 Å². The second-order valence-electron chi connectivity index (χ2n) is 8.59. The predicted molar refractivity (Wildman–Crippen MR) is 110 cm³/mol. The number of rotatable bonds is 4. The van der Waals surface area contributed by atoms with Crippen LogP contribution in [0, 0.1) is 11.8 Å². The fourth-order valence-electron chi connectivity index (χ4n) is 4.81. The van der Waals surface area contributed by atoms with Gasteiger partial charge in [0.1, 0.15) is 6.04 Å². The lowest BCUT2D eigenvalue weighted by molar-refractivity contribution is -0.125. The molecule has 1 aromatic carbocycles. The first-order valence-corrected chi connectivity index (χ1v) is 10.6. The van der Waals surface area contributed by atoms with Crippen molar-refractivity contribution in [1.29, 1.82) is 0 Å². The third kappa shape index (κ3) is 3.95. The molecular weight excluding hydrogens is 370 g/mol. The van der Waals surface area contributed by atoms with Gasteiger partial charge in [0.05, 0.1) is 16.9 Å². The number of carbonyl (C=O) groups is 3. The molecule has 0 bridgehead atoms. The van der Waals surface area contributed by atoms with Crippen LogP contribution in [0.4, 0.5) is 11.4 Å². The van der Waals surface area contributed by atoms with Crippen LogP contribution in [0.1, 0.15) is 56.3 Å². The SMILES string of the molecule is C[C@H]1[C@@H](NC(=O)COC(=O)c2ccc3c(c2)NC(=O)[C@H]2CCCN32)CCC[C@@H]1C. The van der Waals surface area contributed by atoms with Crippen molar-refractivity contribution in [3.05, 3.63) is 23.8 Å². The molecule has 0 aromatic heterocycles. The number of nitrogens with zero attached hydrogens (tertiary/aromatic N) is 1. The molecule has 2 amide bonds. The van der Waals surface area contributed by atoms with E-state index in [9.17, 15) is 14.4 Å². The Hall–Kier alpha value is -2.57. The van der Waals surface area contributed by atoms with Gasteiger partial charge in [0.15, 0.2) is 6.61 Å². The van der Waals surface area contributed by atoms with Gasteiger partial charge in [-0.3, -0.25) is 9.59 Å². The zero-order valence-corrected chi connectivity index (χ0v) is 17.1. The van der Waals surface area contributed by atoms with Gasteiger partial charge < -0.3 is 20.3 Å². The Bertz CT molecular complexity index is 824. The van der Waals surface area contributed by atoms with E-state index in [2.05, 4.69) is 29.4 Å². The molecule has 7 nitrogen and oxygen atoms in total. The summed E-state index contributed by atoms with van der Waals surface area (Å²) >= 11 is 0. The number of anilines is 2. The Kier molecular flexibility index (Phi) is 5.48. The molecule has 1 saturated heterocycles. The van der Waals surface area contributed by atoms with Gasteiger partial charge in [0.2, 0.25) is 5.91 Å². The zero-order valence-electron chi connectivity index (χ0n) is 17.1. The van der Waals surface area contributed by atoms with Crippen molar-refractivity contribution in [2.75, 3.05) is 23.4 Å². The minimum Gasteiger partial charge on any atom is -0.452 e. The summed E-state index contributed by atoms with van der Waals surface area (Å²) in [5.41, 5.74) is 1.88. The largest absolute Gasteiger partial charge is 0.452 e. The molecule has 4 atom stereocenters. The molecule has 0 spiro atoms. The molecule has 2 aliphatic heterocycles. The predicted octanol–water partition coefficient (Wildman–Crippen LogP) is 2.71. The van der Waals surface area contributed by atoms with Crippen molar-refractivity contribution in [2.24, 2.45) is 11.8 Å². The highest BCUT2D eigenvalue weighted by Gasteiger charge is 2.36. The smallest absolute Gasteiger partial charge is 0.338 e. The van der Waals surface area contributed by atoms with Crippen LogP contribution in [0.5, 0.6) is 0 Å². The first-order chi connectivity index (χ1) is 13.9. The summed E-state index contributed by atoms with van der Waals surface area (Å²) in [5, 5.41) is 5.89. The average molecular weight is 399 g/mol. The lowest BCUT2D eigenvalue weighted by Gasteiger charge is -2.34. The molecule has 1 aliphatic carbocycles. The van der Waals surface area contributed by atoms with Gasteiger partial charge in [-0.2, -0.15) is 0 Å². The van der Waals surface area contributed by atoms with Crippen molar-refractivity contribution < 1.29 is 19.1 Å². The summed E-state index contributed by atoms with van der Waals surface area (Å²) in [6, 6.07) is 5.18. The van der Waals surface area contributed by atoms with Gasteiger partial charge in [0.25, 0.3) is 5.91 Å². The van der Waals surface area contributed by atoms with E-state index in [4.69, 9.17) is 4.74 Å². The summed E-state index contributed by atoms with van der Waals surface area (Å²) in [6.07, 6.45) is 5.09. The number of hydrogen-bond acceptors (Lipinski definition) is 5. The van der Waals surface area contributed by atoms with Crippen molar-refractivity contribution in [3.63, 3.8) is 0 Å². The standard InChI is InChI=1S/C22H29N3O4/c1-13-5-3-6-16(14(13)2)23-20(26)12-29-22(28)15-8-9-18-17(11-15)24-21(27)19-7-4-10-25(18)19/h8-9,11,13-14,16,19H,3-7,10,12H2,1-2H3,(H,23,26)(H,24,27)/t13-,14+,16-,19+/m0/s1. The number of amides is 2. The summed E-state index contributed by atoms with van der Waals surface area (Å²) < 4.78 is 5.22. The lowest BCUT2D eigenvalue weighted by atomic mass is 9.78. The molecule has 7 heteroatoms. The van der Waals surface area contributed by atoms with Crippen LogP contribution in [-0.2, 0) is 14.3 Å². The van der Waals surface area contributed by atoms with Gasteiger partial charge in [0, 0.05) is 12.6 Å². The molecule has 1 saturated carbocycles. The molecule has 2 fully saturated rings. The highest BCUT2D eigenvalue weighted by atomic mass is 16.5. The van der Waals surface area contributed by atoms with E-state index in [1.807, 2.05) is 6.07 Å². The molecule has 2 heterocycles. The molecule has 4 rings (SSSR count). The molecule has 2 N–H and O–H groups in total. The maximum Gasteiger partial charge on any atom is 0.338 e. The van der Waals surface area contributed by atoms with Crippen molar-refractivity contribution in [3.8, 4) is 0 Å². The van der Waals surface area contributed by atoms with E-state index in [0.29, 0.717) is 23.1 Å². The number of benzene rings is 1. The maximum absolute atomic E-state index is 12.4. The zero-order chi connectivity index (χ0) is 20.5. The van der Waals surface area contributed by atoms with Crippen molar-refractivity contribution in [1.82, 2.24) is 5.32 Å². The van der Waals surface area contributed by atoms with E-state index in [0.717, 1.165) is 37.9 Å². The number of hydrogen-bond donors (Lipinski definition) is 2. The average Bonchev–Trinajstić information content (AvgIpc) is 3.20. The fourth-order valence-corrected chi connectivity index (χ4v) is 4.81. The van der Waals surface area contributed by atoms with Gasteiger partial charge >= 0.3 is 5.97 Å². The number of nitrogens with one attached hydrogen (secondary N) is 2. The Morgan fingerprint density at radius 1 is 1.21 bits per heavy atom. The van der Waals surface area contributed by atoms with E-state index in [1.54, 1.807) is 12.1 Å². The van der Waals surface area contributed by atoms with Crippen LogP contribution < -0.4 is 15.5 Å². The third-order valence-corrected chi connectivity index (χ3v) is 6.74. The highest BCUT2D eigenvalue weighted by molar-refractivity contribution is 6.05. The Morgan fingerprint density at radius 3 is 2.86 bits per heavy atom. The monoisotopic (exact) mass is 399 g/mol. The first-order valence-electron chi connectivity index (χ1n) is 10.6. The maximum atomic E-state index is 12.4. The van der Waals surface area contributed by atoms with Crippen LogP contribution in [-0.4, -0.2) is 43.0 Å². The third-order valence-electron chi connectivity index (χ3n) is 6.74. The number of carbonyl (C=O) groups excluding carboxylic acids is 3. The molecule has 0 unspecified atom stereocenters. The summed E-state index contributed by atoms with van der Waals surface area (Å²) in [6.45, 7) is 4.91. The van der Waals surface area contributed by atoms with E-state index < -0.39 is 5.97 Å². The Labute approximate surface area is 171 Å². The normalized spacial score (nSPS) is 28.2. The van der Waals surface area contributed by atoms with Crippen LogP contribution in [0.2, 0.25) is 0 Å². The highest BCUT2D eigenvalue weighted by Crippen LogP contribution is 2.37. The first kappa shape index (κ1) is 19.7. The second kappa shape index (κ2) is 8.05. The number of esters is 1. The summed E-state index contributed by atoms with van der Waals surface area (Å²) in [7, 11) is 0. The lowest BCUT2D eigenvalue weighted by Crippen LogP contribution is -2.45.